The second-order valence-corrected chi connectivity index (χ2v) is 5.62. The van der Waals surface area contributed by atoms with Crippen LogP contribution >= 0.6 is 0 Å². The Bertz CT molecular complexity index is 560. The minimum atomic E-state index is -0.221. The standard InChI is InChI=1S/C17H24N2O4/c1-3-4-16(20)19-14-5-6-15-12(10-14)9-13(11-23-15)17(21)18-7-8-22-2/h5-6,10,13H,3-4,7-9,11H2,1-2H3,(H,18,21)(H,19,20). The van der Waals surface area contributed by atoms with Gasteiger partial charge in [-0.05, 0) is 36.6 Å². The van der Waals surface area contributed by atoms with E-state index >= 15 is 0 Å². The van der Waals surface area contributed by atoms with Crippen molar-refractivity contribution in [1.29, 1.82) is 0 Å². The van der Waals surface area contributed by atoms with Crippen LogP contribution in [0.5, 0.6) is 5.75 Å². The molecule has 6 heteroatoms. The van der Waals surface area contributed by atoms with E-state index in [1.807, 2.05) is 25.1 Å². The van der Waals surface area contributed by atoms with Crippen LogP contribution in [0.15, 0.2) is 18.2 Å². The summed E-state index contributed by atoms with van der Waals surface area (Å²) < 4.78 is 10.6. The summed E-state index contributed by atoms with van der Waals surface area (Å²) in [4.78, 5) is 23.8. The van der Waals surface area contributed by atoms with Crippen molar-refractivity contribution in [3.8, 4) is 5.75 Å². The maximum Gasteiger partial charge on any atom is 0.226 e. The topological polar surface area (TPSA) is 76.7 Å². The number of methoxy groups -OCH3 is 1. The van der Waals surface area contributed by atoms with Gasteiger partial charge in [0.05, 0.1) is 12.5 Å². The number of carbonyl (C=O) groups is 2. The zero-order valence-corrected chi connectivity index (χ0v) is 13.7. The molecular weight excluding hydrogens is 296 g/mol. The molecule has 126 valence electrons. The summed E-state index contributed by atoms with van der Waals surface area (Å²) in [5.41, 5.74) is 1.68. The van der Waals surface area contributed by atoms with E-state index in [1.165, 1.54) is 0 Å². The molecule has 2 amide bonds. The number of hydrogen-bond acceptors (Lipinski definition) is 4. The molecule has 1 aliphatic rings. The lowest BCUT2D eigenvalue weighted by Crippen LogP contribution is -2.38. The lowest BCUT2D eigenvalue weighted by Gasteiger charge is -2.25. The van der Waals surface area contributed by atoms with Crippen LogP contribution in [-0.4, -0.2) is 38.7 Å². The fraction of sp³-hybridized carbons (Fsp3) is 0.529. The van der Waals surface area contributed by atoms with Gasteiger partial charge in [0.25, 0.3) is 0 Å². The zero-order chi connectivity index (χ0) is 16.7. The van der Waals surface area contributed by atoms with E-state index in [-0.39, 0.29) is 17.7 Å². The summed E-state index contributed by atoms with van der Waals surface area (Å²) in [6.45, 7) is 3.32. The number of ether oxygens (including phenoxy) is 2. The fourth-order valence-electron chi connectivity index (χ4n) is 2.51. The molecule has 1 unspecified atom stereocenters. The van der Waals surface area contributed by atoms with Gasteiger partial charge in [0.2, 0.25) is 11.8 Å². The Morgan fingerprint density at radius 1 is 1.39 bits per heavy atom. The third-order valence-corrected chi connectivity index (χ3v) is 3.70. The second kappa shape index (κ2) is 8.53. The number of anilines is 1. The Labute approximate surface area is 136 Å². The quantitative estimate of drug-likeness (QED) is 0.750. The van der Waals surface area contributed by atoms with Crippen LogP contribution in [0, 0.1) is 5.92 Å². The molecule has 0 saturated heterocycles. The van der Waals surface area contributed by atoms with Gasteiger partial charge in [-0.3, -0.25) is 9.59 Å². The molecule has 0 aliphatic carbocycles. The number of rotatable bonds is 7. The molecule has 0 aromatic heterocycles. The lowest BCUT2D eigenvalue weighted by molar-refractivity contribution is -0.126. The molecule has 0 saturated carbocycles. The van der Waals surface area contributed by atoms with E-state index in [2.05, 4.69) is 10.6 Å². The van der Waals surface area contributed by atoms with Crippen LogP contribution < -0.4 is 15.4 Å². The van der Waals surface area contributed by atoms with Gasteiger partial charge in [-0.25, -0.2) is 0 Å². The highest BCUT2D eigenvalue weighted by molar-refractivity contribution is 5.91. The van der Waals surface area contributed by atoms with E-state index in [4.69, 9.17) is 9.47 Å². The molecule has 2 N–H and O–H groups in total. The Balaban J connectivity index is 1.98. The first-order chi connectivity index (χ1) is 11.1. The summed E-state index contributed by atoms with van der Waals surface area (Å²) in [6, 6.07) is 5.55. The van der Waals surface area contributed by atoms with Crippen LogP contribution in [0.1, 0.15) is 25.3 Å². The van der Waals surface area contributed by atoms with Gasteiger partial charge in [-0.1, -0.05) is 6.92 Å². The smallest absolute Gasteiger partial charge is 0.226 e. The van der Waals surface area contributed by atoms with Gasteiger partial charge in [-0.15, -0.1) is 0 Å². The van der Waals surface area contributed by atoms with Gasteiger partial charge in [0, 0.05) is 25.8 Å². The van der Waals surface area contributed by atoms with Crippen molar-refractivity contribution in [1.82, 2.24) is 5.32 Å². The summed E-state index contributed by atoms with van der Waals surface area (Å²) in [6.07, 6.45) is 1.91. The molecule has 2 rings (SSSR count). The van der Waals surface area contributed by atoms with Gasteiger partial charge < -0.3 is 20.1 Å². The zero-order valence-electron chi connectivity index (χ0n) is 13.7. The fourth-order valence-corrected chi connectivity index (χ4v) is 2.51. The number of hydrogen-bond donors (Lipinski definition) is 2. The average Bonchev–Trinajstić information content (AvgIpc) is 2.54. The Hall–Kier alpha value is -2.08. The first-order valence-electron chi connectivity index (χ1n) is 7.96. The van der Waals surface area contributed by atoms with Crippen molar-refractivity contribution >= 4 is 17.5 Å². The maximum absolute atomic E-state index is 12.1. The minimum absolute atomic E-state index is 0.00182. The number of amides is 2. The van der Waals surface area contributed by atoms with Gasteiger partial charge in [0.1, 0.15) is 12.4 Å². The normalized spacial score (nSPS) is 16.2. The van der Waals surface area contributed by atoms with Crippen molar-refractivity contribution in [2.75, 3.05) is 32.2 Å². The number of nitrogens with one attached hydrogen (secondary N) is 2. The van der Waals surface area contributed by atoms with E-state index in [0.29, 0.717) is 32.6 Å². The molecule has 1 aromatic rings. The van der Waals surface area contributed by atoms with Crippen molar-refractivity contribution in [2.24, 2.45) is 5.92 Å². The van der Waals surface area contributed by atoms with Crippen molar-refractivity contribution in [3.05, 3.63) is 23.8 Å². The van der Waals surface area contributed by atoms with Crippen molar-refractivity contribution < 1.29 is 19.1 Å². The highest BCUT2D eigenvalue weighted by Crippen LogP contribution is 2.30. The third kappa shape index (κ3) is 4.96. The number of carbonyl (C=O) groups excluding carboxylic acids is 2. The highest BCUT2D eigenvalue weighted by atomic mass is 16.5. The Kier molecular flexibility index (Phi) is 6.40. The molecule has 1 heterocycles. The van der Waals surface area contributed by atoms with Crippen LogP contribution in [-0.2, 0) is 20.7 Å². The molecule has 0 bridgehead atoms. The van der Waals surface area contributed by atoms with Crippen LogP contribution in [0.3, 0.4) is 0 Å². The first-order valence-corrected chi connectivity index (χ1v) is 7.96. The molecule has 1 aromatic carbocycles. The number of benzene rings is 1. The average molecular weight is 320 g/mol. The summed E-state index contributed by atoms with van der Waals surface area (Å²) in [5, 5.41) is 5.70. The van der Waals surface area contributed by atoms with Gasteiger partial charge >= 0.3 is 0 Å². The minimum Gasteiger partial charge on any atom is -0.492 e. The van der Waals surface area contributed by atoms with Crippen molar-refractivity contribution in [3.63, 3.8) is 0 Å². The lowest BCUT2D eigenvalue weighted by atomic mass is 9.95. The molecule has 0 spiro atoms. The van der Waals surface area contributed by atoms with Crippen molar-refractivity contribution in [2.45, 2.75) is 26.2 Å². The number of fused-ring (bicyclic) bond motifs is 1. The highest BCUT2D eigenvalue weighted by Gasteiger charge is 2.26. The Morgan fingerprint density at radius 3 is 2.96 bits per heavy atom. The predicted octanol–water partition coefficient (Wildman–Crippen LogP) is 1.74. The molecule has 6 nitrogen and oxygen atoms in total. The molecule has 1 atom stereocenters. The summed E-state index contributed by atoms with van der Waals surface area (Å²) in [5.74, 6) is 0.520. The largest absolute Gasteiger partial charge is 0.492 e. The second-order valence-electron chi connectivity index (χ2n) is 5.62. The van der Waals surface area contributed by atoms with E-state index in [1.54, 1.807) is 7.11 Å². The molecule has 23 heavy (non-hydrogen) atoms. The van der Waals surface area contributed by atoms with E-state index in [9.17, 15) is 9.59 Å². The summed E-state index contributed by atoms with van der Waals surface area (Å²) in [7, 11) is 1.60. The van der Waals surface area contributed by atoms with Gasteiger partial charge in [-0.2, -0.15) is 0 Å². The monoisotopic (exact) mass is 320 g/mol. The molecule has 0 fully saturated rings. The van der Waals surface area contributed by atoms with Crippen LogP contribution in [0.25, 0.3) is 0 Å². The van der Waals surface area contributed by atoms with Crippen LogP contribution in [0.4, 0.5) is 5.69 Å². The molecular formula is C17H24N2O4. The maximum atomic E-state index is 12.1. The Morgan fingerprint density at radius 2 is 2.22 bits per heavy atom. The predicted molar refractivity (Wildman–Crippen MR) is 87.6 cm³/mol. The van der Waals surface area contributed by atoms with E-state index < -0.39 is 0 Å². The van der Waals surface area contributed by atoms with Gasteiger partial charge in [0.15, 0.2) is 0 Å². The third-order valence-electron chi connectivity index (χ3n) is 3.70. The SMILES string of the molecule is CCCC(=O)Nc1ccc2c(c1)CC(C(=O)NCCOC)CO2. The molecule has 1 aliphatic heterocycles. The first kappa shape index (κ1) is 17.3. The molecule has 0 radical (unpaired) electrons. The summed E-state index contributed by atoms with van der Waals surface area (Å²) >= 11 is 0. The van der Waals surface area contributed by atoms with Crippen LogP contribution in [0.2, 0.25) is 0 Å². The van der Waals surface area contributed by atoms with E-state index in [0.717, 1.165) is 23.4 Å².